The first-order valence-electron chi connectivity index (χ1n) is 15.7. The lowest BCUT2D eigenvalue weighted by atomic mass is 9.44. The summed E-state index contributed by atoms with van der Waals surface area (Å²) in [5.41, 5.74) is -3.39. The van der Waals surface area contributed by atoms with Crippen molar-refractivity contribution in [2.75, 3.05) is 19.8 Å². The highest BCUT2D eigenvalue weighted by molar-refractivity contribution is 5.12. The number of aliphatic hydroxyl groups excluding tert-OH is 8. The fourth-order valence-electron chi connectivity index (χ4n) is 8.54. The van der Waals surface area contributed by atoms with Crippen molar-refractivity contribution in [1.82, 2.24) is 0 Å². The quantitative estimate of drug-likeness (QED) is 0.103. The highest BCUT2D eigenvalue weighted by Gasteiger charge is 2.64. The van der Waals surface area contributed by atoms with E-state index in [9.17, 15) is 46.0 Å². The van der Waals surface area contributed by atoms with E-state index in [4.69, 9.17) is 18.9 Å². The van der Waals surface area contributed by atoms with Crippen molar-refractivity contribution in [1.29, 1.82) is 0 Å². The van der Waals surface area contributed by atoms with Crippen LogP contribution >= 0.6 is 0 Å². The molecule has 2 aliphatic carbocycles. The maximum absolute atomic E-state index is 10.9. The van der Waals surface area contributed by atoms with E-state index in [2.05, 4.69) is 13.5 Å². The average Bonchev–Trinajstić information content (AvgIpc) is 2.98. The van der Waals surface area contributed by atoms with Crippen molar-refractivity contribution in [3.05, 3.63) is 12.7 Å². The first-order chi connectivity index (χ1) is 20.5. The zero-order chi connectivity index (χ0) is 32.8. The Balaban J connectivity index is 1.63. The van der Waals surface area contributed by atoms with E-state index in [1.54, 1.807) is 6.92 Å². The van der Waals surface area contributed by atoms with Crippen LogP contribution in [0, 0.1) is 22.7 Å². The third kappa shape index (κ3) is 6.51. The molecular formula is C31H54O13. The van der Waals surface area contributed by atoms with E-state index in [1.807, 2.05) is 13.8 Å². The van der Waals surface area contributed by atoms with Gasteiger partial charge in [0.25, 0.3) is 0 Å². The van der Waals surface area contributed by atoms with Gasteiger partial charge in [0.15, 0.2) is 12.6 Å². The van der Waals surface area contributed by atoms with Gasteiger partial charge in [-0.2, -0.15) is 0 Å². The first-order valence-corrected chi connectivity index (χ1v) is 15.7. The van der Waals surface area contributed by atoms with Gasteiger partial charge in [-0.3, -0.25) is 0 Å². The van der Waals surface area contributed by atoms with Crippen molar-refractivity contribution < 1.29 is 64.9 Å². The van der Waals surface area contributed by atoms with Gasteiger partial charge >= 0.3 is 0 Å². The minimum Gasteiger partial charge on any atom is -0.396 e. The van der Waals surface area contributed by atoms with Gasteiger partial charge in [-0.25, -0.2) is 0 Å². The molecule has 0 radical (unpaired) electrons. The van der Waals surface area contributed by atoms with Crippen LogP contribution < -0.4 is 0 Å². The summed E-state index contributed by atoms with van der Waals surface area (Å²) in [5, 5.41) is 93.6. The molecule has 0 spiro atoms. The van der Waals surface area contributed by atoms with Gasteiger partial charge < -0.3 is 64.9 Å². The highest BCUT2D eigenvalue weighted by atomic mass is 16.7. The maximum atomic E-state index is 10.9. The van der Waals surface area contributed by atoms with Crippen LogP contribution in [-0.2, 0) is 18.9 Å². The monoisotopic (exact) mass is 634 g/mol. The van der Waals surface area contributed by atoms with Gasteiger partial charge in [-0.15, -0.1) is 6.58 Å². The lowest BCUT2D eigenvalue weighted by molar-refractivity contribution is -0.343. The number of rotatable bonds is 10. The zero-order valence-corrected chi connectivity index (χ0v) is 26.2. The number of fused-ring (bicyclic) bond motifs is 1. The van der Waals surface area contributed by atoms with E-state index in [0.717, 1.165) is 0 Å². The Morgan fingerprint density at radius 3 is 2.18 bits per heavy atom. The van der Waals surface area contributed by atoms with Crippen LogP contribution in [-0.4, -0.2) is 138 Å². The van der Waals surface area contributed by atoms with E-state index in [0.29, 0.717) is 38.5 Å². The molecule has 2 heterocycles. The summed E-state index contributed by atoms with van der Waals surface area (Å²) in [5.74, 6) is -0.386. The number of hydrogen-bond donors (Lipinski definition) is 9. The zero-order valence-electron chi connectivity index (χ0n) is 26.2. The van der Waals surface area contributed by atoms with E-state index < -0.39 is 90.1 Å². The molecule has 4 aliphatic rings. The average molecular weight is 635 g/mol. The topological polar surface area (TPSA) is 219 Å². The lowest BCUT2D eigenvalue weighted by Crippen LogP contribution is -2.66. The van der Waals surface area contributed by atoms with Gasteiger partial charge in [-0.1, -0.05) is 19.9 Å². The molecule has 9 N–H and O–H groups in total. The largest absolute Gasteiger partial charge is 0.396 e. The third-order valence-electron chi connectivity index (χ3n) is 11.4. The molecule has 256 valence electrons. The van der Waals surface area contributed by atoms with Crippen LogP contribution in [0.5, 0.6) is 0 Å². The van der Waals surface area contributed by atoms with Gasteiger partial charge in [0.1, 0.15) is 42.7 Å². The van der Waals surface area contributed by atoms with Crippen LogP contribution in [0.2, 0.25) is 0 Å². The molecule has 13 nitrogen and oxygen atoms in total. The highest BCUT2D eigenvalue weighted by Crippen LogP contribution is 2.64. The molecule has 13 heteroatoms. The second-order valence-electron chi connectivity index (χ2n) is 14.5. The molecule has 0 aromatic heterocycles. The Hall–Kier alpha value is -0.780. The Morgan fingerprint density at radius 2 is 1.57 bits per heavy atom. The lowest BCUT2D eigenvalue weighted by Gasteiger charge is -2.65. The predicted octanol–water partition coefficient (Wildman–Crippen LogP) is -1.07. The molecule has 44 heavy (non-hydrogen) atoms. The van der Waals surface area contributed by atoms with Crippen molar-refractivity contribution in [3.8, 4) is 0 Å². The molecule has 16 unspecified atom stereocenters. The summed E-state index contributed by atoms with van der Waals surface area (Å²) in [6, 6.07) is 0. The smallest absolute Gasteiger partial charge is 0.186 e. The van der Waals surface area contributed by atoms with Crippen LogP contribution in [0.3, 0.4) is 0 Å². The van der Waals surface area contributed by atoms with Gasteiger partial charge in [0, 0.05) is 5.41 Å². The van der Waals surface area contributed by atoms with Gasteiger partial charge in [-0.05, 0) is 69.6 Å². The number of hydrogen-bond acceptors (Lipinski definition) is 13. The second kappa shape index (κ2) is 13.4. The van der Waals surface area contributed by atoms with Crippen molar-refractivity contribution in [2.45, 2.75) is 139 Å². The minimum atomic E-state index is -1.59. The van der Waals surface area contributed by atoms with Crippen LogP contribution in [0.1, 0.15) is 66.2 Å². The summed E-state index contributed by atoms with van der Waals surface area (Å²) in [6.07, 6.45) is -8.69. The molecule has 0 aromatic rings. The summed E-state index contributed by atoms with van der Waals surface area (Å²) < 4.78 is 24.1. The van der Waals surface area contributed by atoms with Gasteiger partial charge in [0.2, 0.25) is 0 Å². The molecule has 2 aliphatic heterocycles. The molecule has 2 saturated carbocycles. The second-order valence-corrected chi connectivity index (χ2v) is 14.5. The fraction of sp³-hybridized carbons (Fsp3) is 0.935. The first kappa shape index (κ1) is 36.1. The Morgan fingerprint density at radius 1 is 0.909 bits per heavy atom. The molecule has 16 atom stereocenters. The summed E-state index contributed by atoms with van der Waals surface area (Å²) in [7, 11) is 0. The number of ether oxygens (including phenoxy) is 4. The Bertz CT molecular complexity index is 980. The maximum Gasteiger partial charge on any atom is 0.186 e. The summed E-state index contributed by atoms with van der Waals surface area (Å²) in [4.78, 5) is 0. The van der Waals surface area contributed by atoms with E-state index >= 15 is 0 Å². The predicted molar refractivity (Wildman–Crippen MR) is 155 cm³/mol. The van der Waals surface area contributed by atoms with Crippen molar-refractivity contribution in [3.63, 3.8) is 0 Å². The fourth-order valence-corrected chi connectivity index (χ4v) is 8.54. The van der Waals surface area contributed by atoms with Crippen LogP contribution in [0.15, 0.2) is 12.7 Å². The molecule has 4 fully saturated rings. The molecule has 2 saturated heterocycles. The summed E-state index contributed by atoms with van der Waals surface area (Å²) >= 11 is 0. The number of aliphatic hydroxyl groups is 9. The molecule has 4 rings (SSSR count). The molecule has 0 aromatic carbocycles. The summed E-state index contributed by atoms with van der Waals surface area (Å²) in [6.45, 7) is 10.4. The van der Waals surface area contributed by atoms with Gasteiger partial charge in [0.05, 0.1) is 37.1 Å². The van der Waals surface area contributed by atoms with Crippen LogP contribution in [0.4, 0.5) is 0 Å². The van der Waals surface area contributed by atoms with E-state index in [1.165, 1.54) is 6.08 Å². The Labute approximate surface area is 259 Å². The van der Waals surface area contributed by atoms with Crippen molar-refractivity contribution >= 4 is 0 Å². The SMILES string of the molecule is C=CC(C)(O)CCC1C(C)(OC2OCC(O)C(O)C2O)CCC2C(C)(CO)C(OC3OC(CO)C(O)C(O)C3O)CCC12C. The molecule has 0 bridgehead atoms. The Kier molecular flexibility index (Phi) is 11.0. The van der Waals surface area contributed by atoms with Crippen LogP contribution in [0.25, 0.3) is 0 Å². The minimum absolute atomic E-state index is 0.149. The molecule has 0 amide bonds. The third-order valence-corrected chi connectivity index (χ3v) is 11.4. The van der Waals surface area contributed by atoms with E-state index in [-0.39, 0.29) is 25.0 Å². The molecular weight excluding hydrogens is 580 g/mol. The standard InChI is InChI=1S/C31H54O13/c1-6-28(2,40)10-7-19-29(3)11-9-20(43-27-25(39)23(37)22(36)17(13-32)42-27)30(4,15-33)18(29)8-12-31(19,5)44-26-24(38)21(35)16(34)14-41-26/h6,16-27,32-40H,1,7-15H2,2-5H3. The normalized spacial score (nSPS) is 51.3. The van der Waals surface area contributed by atoms with Crippen molar-refractivity contribution in [2.24, 2.45) is 22.7 Å².